The van der Waals surface area contributed by atoms with Gasteiger partial charge in [0.05, 0.1) is 0 Å². The Morgan fingerprint density at radius 1 is 1.27 bits per heavy atom. The highest BCUT2D eigenvalue weighted by atomic mass is 19.1. The number of H-pyrrole nitrogens is 1. The highest BCUT2D eigenvalue weighted by molar-refractivity contribution is 5.84. The van der Waals surface area contributed by atoms with Gasteiger partial charge in [0.15, 0.2) is 0 Å². The average Bonchev–Trinajstić information content (AvgIpc) is 2.84. The van der Waals surface area contributed by atoms with Crippen LogP contribution in [0.3, 0.4) is 0 Å². The molecule has 0 unspecified atom stereocenters. The number of rotatable bonds is 1. The summed E-state index contributed by atoms with van der Waals surface area (Å²) in [6.45, 7) is 0. The Morgan fingerprint density at radius 3 is 3.00 bits per heavy atom. The van der Waals surface area contributed by atoms with Crippen molar-refractivity contribution in [3.05, 3.63) is 36.5 Å². The van der Waals surface area contributed by atoms with Gasteiger partial charge >= 0.3 is 0 Å². The second-order valence-corrected chi connectivity index (χ2v) is 3.16. The highest BCUT2D eigenvalue weighted by Crippen LogP contribution is 2.22. The standard InChI is InChI=1S/C10H6FN3O/c11-7-2-1-6-3-9(13-8(6)4-7)10-14-12-5-15-10/h1-5,13H. The first kappa shape index (κ1) is 8.16. The van der Waals surface area contributed by atoms with Gasteiger partial charge in [-0.05, 0) is 24.3 Å². The maximum Gasteiger partial charge on any atom is 0.263 e. The fourth-order valence-corrected chi connectivity index (χ4v) is 1.50. The molecule has 0 saturated heterocycles. The summed E-state index contributed by atoms with van der Waals surface area (Å²) < 4.78 is 17.9. The lowest BCUT2D eigenvalue weighted by molar-refractivity contribution is 0.567. The molecule has 0 amide bonds. The molecule has 1 N–H and O–H groups in total. The molecule has 0 bridgehead atoms. The Morgan fingerprint density at radius 2 is 2.20 bits per heavy atom. The topological polar surface area (TPSA) is 54.7 Å². The van der Waals surface area contributed by atoms with Crippen molar-refractivity contribution < 1.29 is 8.81 Å². The van der Waals surface area contributed by atoms with Gasteiger partial charge in [-0.15, -0.1) is 10.2 Å². The molecule has 5 heteroatoms. The van der Waals surface area contributed by atoms with Crippen molar-refractivity contribution in [2.75, 3.05) is 0 Å². The third-order valence-corrected chi connectivity index (χ3v) is 2.17. The summed E-state index contributed by atoms with van der Waals surface area (Å²) in [6.07, 6.45) is 1.25. The number of nitrogens with zero attached hydrogens (tertiary/aromatic N) is 2. The van der Waals surface area contributed by atoms with Gasteiger partial charge in [0.2, 0.25) is 6.39 Å². The molecule has 15 heavy (non-hydrogen) atoms. The number of fused-ring (bicyclic) bond motifs is 1. The van der Waals surface area contributed by atoms with Crippen LogP contribution in [-0.2, 0) is 0 Å². The van der Waals surface area contributed by atoms with Crippen LogP contribution < -0.4 is 0 Å². The summed E-state index contributed by atoms with van der Waals surface area (Å²) in [7, 11) is 0. The normalized spacial score (nSPS) is 11.0. The van der Waals surface area contributed by atoms with Crippen LogP contribution in [0.1, 0.15) is 0 Å². The lowest BCUT2D eigenvalue weighted by Gasteiger charge is -1.88. The van der Waals surface area contributed by atoms with Gasteiger partial charge in [0, 0.05) is 10.9 Å². The minimum Gasteiger partial charge on any atom is -0.422 e. The molecule has 0 saturated carbocycles. The number of nitrogens with one attached hydrogen (secondary N) is 1. The summed E-state index contributed by atoms with van der Waals surface area (Å²) in [5.41, 5.74) is 1.40. The monoisotopic (exact) mass is 203 g/mol. The molecular weight excluding hydrogens is 197 g/mol. The summed E-state index contributed by atoms with van der Waals surface area (Å²) >= 11 is 0. The smallest absolute Gasteiger partial charge is 0.263 e. The van der Waals surface area contributed by atoms with Crippen molar-refractivity contribution in [3.63, 3.8) is 0 Å². The third-order valence-electron chi connectivity index (χ3n) is 2.17. The second kappa shape index (κ2) is 2.91. The Bertz CT molecular complexity index is 600. The SMILES string of the molecule is Fc1ccc2cc(-c3nnco3)[nH]c2c1. The van der Waals surface area contributed by atoms with E-state index in [2.05, 4.69) is 15.2 Å². The maximum absolute atomic E-state index is 12.9. The van der Waals surface area contributed by atoms with Crippen LogP contribution in [0, 0.1) is 5.82 Å². The van der Waals surface area contributed by atoms with E-state index in [1.807, 2.05) is 6.07 Å². The zero-order valence-electron chi connectivity index (χ0n) is 7.57. The number of benzene rings is 1. The molecule has 0 atom stereocenters. The first-order valence-electron chi connectivity index (χ1n) is 4.38. The van der Waals surface area contributed by atoms with Crippen LogP contribution in [0.2, 0.25) is 0 Å². The predicted octanol–water partition coefficient (Wildman–Crippen LogP) is 2.36. The number of hydrogen-bond donors (Lipinski definition) is 1. The van der Waals surface area contributed by atoms with E-state index < -0.39 is 0 Å². The Hall–Kier alpha value is -2.17. The van der Waals surface area contributed by atoms with Crippen molar-refractivity contribution in [3.8, 4) is 11.6 Å². The minimum atomic E-state index is -0.276. The molecule has 2 heterocycles. The summed E-state index contributed by atoms with van der Waals surface area (Å²) in [5, 5.41) is 8.25. The summed E-state index contributed by atoms with van der Waals surface area (Å²) in [6, 6.07) is 6.37. The Kier molecular flexibility index (Phi) is 1.58. The van der Waals surface area contributed by atoms with Crippen molar-refractivity contribution in [1.29, 1.82) is 0 Å². The van der Waals surface area contributed by atoms with Crippen LogP contribution in [0.15, 0.2) is 35.1 Å². The van der Waals surface area contributed by atoms with Gasteiger partial charge in [-0.2, -0.15) is 0 Å². The van der Waals surface area contributed by atoms with Gasteiger partial charge in [0.25, 0.3) is 5.89 Å². The van der Waals surface area contributed by atoms with E-state index in [1.54, 1.807) is 6.07 Å². The number of aromatic amines is 1. The molecule has 3 rings (SSSR count). The highest BCUT2D eigenvalue weighted by Gasteiger charge is 2.07. The van der Waals surface area contributed by atoms with Gasteiger partial charge in [0.1, 0.15) is 11.5 Å². The number of halogens is 1. The molecule has 0 aliphatic carbocycles. The lowest BCUT2D eigenvalue weighted by atomic mass is 10.2. The molecule has 3 aromatic rings. The second-order valence-electron chi connectivity index (χ2n) is 3.16. The molecule has 4 nitrogen and oxygen atoms in total. The van der Waals surface area contributed by atoms with Crippen molar-refractivity contribution in [2.24, 2.45) is 0 Å². The molecule has 0 radical (unpaired) electrons. The first-order chi connectivity index (χ1) is 7.33. The third kappa shape index (κ3) is 1.28. The molecule has 0 fully saturated rings. The van der Waals surface area contributed by atoms with Crippen molar-refractivity contribution in [2.45, 2.75) is 0 Å². The summed E-state index contributed by atoms with van der Waals surface area (Å²) in [4.78, 5) is 3.00. The molecule has 2 aromatic heterocycles. The molecule has 1 aromatic carbocycles. The summed E-state index contributed by atoms with van der Waals surface area (Å²) in [5.74, 6) is 0.119. The minimum absolute atomic E-state index is 0.276. The van der Waals surface area contributed by atoms with Gasteiger partial charge in [-0.1, -0.05) is 0 Å². The van der Waals surface area contributed by atoms with E-state index >= 15 is 0 Å². The Balaban J connectivity index is 2.22. The van der Waals surface area contributed by atoms with Crippen LogP contribution in [0.25, 0.3) is 22.5 Å². The van der Waals surface area contributed by atoms with Crippen LogP contribution in [0.5, 0.6) is 0 Å². The van der Waals surface area contributed by atoms with Crippen LogP contribution in [0.4, 0.5) is 4.39 Å². The molecule has 74 valence electrons. The average molecular weight is 203 g/mol. The number of aromatic nitrogens is 3. The fraction of sp³-hybridized carbons (Fsp3) is 0. The largest absolute Gasteiger partial charge is 0.422 e. The Labute approximate surface area is 83.7 Å². The molecule has 0 aliphatic heterocycles. The quantitative estimate of drug-likeness (QED) is 0.660. The maximum atomic E-state index is 12.9. The van der Waals surface area contributed by atoms with Crippen molar-refractivity contribution in [1.82, 2.24) is 15.2 Å². The zero-order valence-corrected chi connectivity index (χ0v) is 7.57. The molecule has 0 spiro atoms. The van der Waals surface area contributed by atoms with E-state index in [-0.39, 0.29) is 5.82 Å². The van der Waals surface area contributed by atoms with Crippen LogP contribution in [-0.4, -0.2) is 15.2 Å². The fourth-order valence-electron chi connectivity index (χ4n) is 1.50. The van der Waals surface area contributed by atoms with E-state index in [1.165, 1.54) is 18.5 Å². The van der Waals surface area contributed by atoms with E-state index in [4.69, 9.17) is 4.42 Å². The lowest BCUT2D eigenvalue weighted by Crippen LogP contribution is -1.76. The number of hydrogen-bond acceptors (Lipinski definition) is 3. The first-order valence-corrected chi connectivity index (χ1v) is 4.38. The van der Waals surface area contributed by atoms with Gasteiger partial charge in [-0.3, -0.25) is 0 Å². The molecule has 0 aliphatic rings. The van der Waals surface area contributed by atoms with Gasteiger partial charge in [-0.25, -0.2) is 4.39 Å². The van der Waals surface area contributed by atoms with E-state index in [0.29, 0.717) is 17.1 Å². The predicted molar refractivity (Wildman–Crippen MR) is 51.5 cm³/mol. The van der Waals surface area contributed by atoms with Crippen molar-refractivity contribution >= 4 is 10.9 Å². The molecular formula is C10H6FN3O. The zero-order chi connectivity index (χ0) is 10.3. The van der Waals surface area contributed by atoms with Crippen LogP contribution >= 0.6 is 0 Å². The van der Waals surface area contributed by atoms with E-state index in [9.17, 15) is 4.39 Å². The van der Waals surface area contributed by atoms with Gasteiger partial charge < -0.3 is 9.40 Å². The van der Waals surface area contributed by atoms with E-state index in [0.717, 1.165) is 5.39 Å².